The number of fused-ring (bicyclic) bond motifs is 2. The van der Waals surface area contributed by atoms with E-state index in [1.807, 2.05) is 36.4 Å². The molecule has 0 saturated carbocycles. The SMILES string of the molecule is CC(C)(C)[Si](C)(C)OC1CCCC2=C1c1ccc(OCc3ccccc3[N+](=O)[O-])cc1N(C(=O)Oc1ccccc1)C2C#C/C=C\C#C[Si](C)(C)C. The van der Waals surface area contributed by atoms with Gasteiger partial charge in [-0.15, -0.1) is 5.54 Å². The number of carbonyl (C=O) groups is 1. The van der Waals surface area contributed by atoms with E-state index >= 15 is 0 Å². The Bertz CT molecular complexity index is 2000. The zero-order valence-electron chi connectivity index (χ0n) is 31.4. The number of ether oxygens (including phenoxy) is 2. The van der Waals surface area contributed by atoms with Gasteiger partial charge in [-0.3, -0.25) is 15.0 Å². The lowest BCUT2D eigenvalue weighted by Gasteiger charge is -2.45. The Morgan fingerprint density at radius 1 is 0.962 bits per heavy atom. The molecule has 10 heteroatoms. The van der Waals surface area contributed by atoms with Gasteiger partial charge >= 0.3 is 6.09 Å². The van der Waals surface area contributed by atoms with Crippen molar-refractivity contribution in [3.8, 4) is 34.8 Å². The maximum atomic E-state index is 14.4. The van der Waals surface area contributed by atoms with Crippen LogP contribution in [0, 0.1) is 33.4 Å². The van der Waals surface area contributed by atoms with Gasteiger partial charge in [0, 0.05) is 17.7 Å². The van der Waals surface area contributed by atoms with E-state index in [0.29, 0.717) is 22.7 Å². The number of allylic oxidation sites excluding steroid dienone is 2. The minimum absolute atomic E-state index is 0.00706. The standard InChI is InChI=1S/C42H48N2O6Si2/c1-42(2,3)52(7,8)50-39-25-18-22-34-37(24-14-9-10-17-28-51(4,5)6)43(41(45)49-32-20-12-11-13-21-32)38-29-33(26-27-35(38)40(34)39)48-30-31-19-15-16-23-36(31)44(46)47/h9-13,15-16,19-21,23,26-27,29,37,39H,18,22,25,30H2,1-8H3/b10-9-. The molecule has 52 heavy (non-hydrogen) atoms. The lowest BCUT2D eigenvalue weighted by atomic mass is 9.78. The van der Waals surface area contributed by atoms with Crippen LogP contribution in [-0.4, -0.2) is 39.6 Å². The number of nitro benzene ring substituents is 1. The molecule has 0 aromatic heterocycles. The van der Waals surface area contributed by atoms with Gasteiger partial charge in [0.15, 0.2) is 8.32 Å². The lowest BCUT2D eigenvalue weighted by molar-refractivity contribution is -0.385. The quantitative estimate of drug-likeness (QED) is 0.104. The molecule has 2 unspecified atom stereocenters. The number of nitrogens with zero attached hydrogens (tertiary/aromatic N) is 2. The molecule has 5 rings (SSSR count). The highest BCUT2D eigenvalue weighted by atomic mass is 28.4. The van der Waals surface area contributed by atoms with Crippen LogP contribution in [0.5, 0.6) is 11.5 Å². The summed E-state index contributed by atoms with van der Waals surface area (Å²) in [5.74, 6) is 10.6. The van der Waals surface area contributed by atoms with Gasteiger partial charge in [-0.25, -0.2) is 4.79 Å². The summed E-state index contributed by atoms with van der Waals surface area (Å²) in [6.07, 6.45) is 5.23. The number of carbonyl (C=O) groups excluding carboxylic acids is 1. The van der Waals surface area contributed by atoms with Crippen molar-refractivity contribution >= 4 is 39.4 Å². The Morgan fingerprint density at radius 3 is 2.35 bits per heavy atom. The molecule has 2 atom stereocenters. The molecule has 1 amide bonds. The van der Waals surface area contributed by atoms with Crippen molar-refractivity contribution in [3.63, 3.8) is 0 Å². The van der Waals surface area contributed by atoms with Gasteiger partial charge in [0.05, 0.1) is 22.3 Å². The number of nitro groups is 1. The van der Waals surface area contributed by atoms with Gasteiger partial charge in [-0.05, 0) is 91.0 Å². The topological polar surface area (TPSA) is 91.1 Å². The largest absolute Gasteiger partial charge is 0.489 e. The van der Waals surface area contributed by atoms with E-state index < -0.39 is 33.4 Å². The smallest absolute Gasteiger partial charge is 0.421 e. The highest BCUT2D eigenvalue weighted by Gasteiger charge is 2.45. The fourth-order valence-corrected chi connectivity index (χ4v) is 7.82. The summed E-state index contributed by atoms with van der Waals surface area (Å²) in [5.41, 5.74) is 7.28. The fraction of sp³-hybridized carbons (Fsp3) is 0.357. The van der Waals surface area contributed by atoms with E-state index in [0.717, 1.165) is 36.0 Å². The molecule has 8 nitrogen and oxygen atoms in total. The first-order valence-electron chi connectivity index (χ1n) is 17.7. The molecule has 0 radical (unpaired) electrons. The molecule has 0 bridgehead atoms. The second-order valence-electron chi connectivity index (χ2n) is 15.6. The number of amides is 1. The van der Waals surface area contributed by atoms with Crippen molar-refractivity contribution in [1.82, 2.24) is 0 Å². The summed E-state index contributed by atoms with van der Waals surface area (Å²) in [4.78, 5) is 27.2. The van der Waals surface area contributed by atoms with Gasteiger partial charge in [0.2, 0.25) is 0 Å². The van der Waals surface area contributed by atoms with E-state index in [1.165, 1.54) is 6.07 Å². The highest BCUT2D eigenvalue weighted by molar-refractivity contribution is 6.83. The van der Waals surface area contributed by atoms with Crippen molar-refractivity contribution in [3.05, 3.63) is 112 Å². The average molecular weight is 733 g/mol. The highest BCUT2D eigenvalue weighted by Crippen LogP contribution is 2.49. The van der Waals surface area contributed by atoms with Crippen molar-refractivity contribution in [1.29, 1.82) is 0 Å². The maximum Gasteiger partial charge on any atom is 0.421 e. The maximum absolute atomic E-state index is 14.4. The lowest BCUT2D eigenvalue weighted by Crippen LogP contribution is -2.49. The number of hydrogen-bond acceptors (Lipinski definition) is 6. The third kappa shape index (κ3) is 9.12. The molecule has 0 N–H and O–H groups in total. The van der Waals surface area contributed by atoms with Crippen LogP contribution in [0.1, 0.15) is 51.2 Å². The van der Waals surface area contributed by atoms with Gasteiger partial charge < -0.3 is 13.9 Å². The molecule has 2 aliphatic rings. The van der Waals surface area contributed by atoms with Crippen LogP contribution >= 0.6 is 0 Å². The number of para-hydroxylation sites is 2. The molecule has 1 aliphatic carbocycles. The molecule has 0 spiro atoms. The van der Waals surface area contributed by atoms with Gasteiger partial charge in [-0.2, -0.15) is 0 Å². The zero-order chi connectivity index (χ0) is 37.7. The molecule has 0 fully saturated rings. The van der Waals surface area contributed by atoms with Crippen LogP contribution in [-0.2, 0) is 11.0 Å². The predicted octanol–water partition coefficient (Wildman–Crippen LogP) is 10.3. The summed E-state index contributed by atoms with van der Waals surface area (Å²) in [7, 11) is -3.76. The van der Waals surface area contributed by atoms with Gasteiger partial charge in [0.25, 0.3) is 5.69 Å². The van der Waals surface area contributed by atoms with Gasteiger partial charge in [-0.1, -0.05) is 88.5 Å². The average Bonchev–Trinajstić information content (AvgIpc) is 3.08. The van der Waals surface area contributed by atoms with E-state index in [1.54, 1.807) is 47.4 Å². The van der Waals surface area contributed by atoms with Crippen LogP contribution in [0.15, 0.2) is 90.5 Å². The molecular formula is C42H48N2O6Si2. The molecule has 3 aromatic rings. The fourth-order valence-electron chi connectivity index (χ4n) is 6.00. The Kier molecular flexibility index (Phi) is 11.6. The van der Waals surface area contributed by atoms with E-state index in [9.17, 15) is 14.9 Å². The molecular weight excluding hydrogens is 685 g/mol. The number of rotatable bonds is 7. The minimum Gasteiger partial charge on any atom is -0.489 e. The monoisotopic (exact) mass is 732 g/mol. The van der Waals surface area contributed by atoms with Crippen molar-refractivity contribution < 1.29 is 23.6 Å². The summed E-state index contributed by atoms with van der Waals surface area (Å²) in [6.45, 7) is 17.8. The molecule has 1 aliphatic heterocycles. The summed E-state index contributed by atoms with van der Waals surface area (Å²) < 4.78 is 19.3. The van der Waals surface area contributed by atoms with Crippen LogP contribution in [0.4, 0.5) is 16.2 Å². The van der Waals surface area contributed by atoms with E-state index in [2.05, 4.69) is 76.8 Å². The number of anilines is 1. The minimum atomic E-state index is -2.21. The first kappa shape index (κ1) is 38.4. The van der Waals surface area contributed by atoms with Crippen molar-refractivity contribution in [2.75, 3.05) is 4.90 Å². The zero-order valence-corrected chi connectivity index (χ0v) is 33.4. The van der Waals surface area contributed by atoms with E-state index in [-0.39, 0.29) is 23.4 Å². The first-order chi connectivity index (χ1) is 24.6. The number of benzene rings is 3. The third-order valence-corrected chi connectivity index (χ3v) is 15.0. The molecule has 1 heterocycles. The molecule has 0 saturated heterocycles. The van der Waals surface area contributed by atoms with Crippen molar-refractivity contribution in [2.45, 2.75) is 96.6 Å². The van der Waals surface area contributed by atoms with Gasteiger partial charge in [0.1, 0.15) is 32.2 Å². The summed E-state index contributed by atoms with van der Waals surface area (Å²) >= 11 is 0. The predicted molar refractivity (Wildman–Crippen MR) is 213 cm³/mol. The summed E-state index contributed by atoms with van der Waals surface area (Å²) in [5, 5.41) is 11.7. The van der Waals surface area contributed by atoms with Crippen LogP contribution in [0.3, 0.4) is 0 Å². The van der Waals surface area contributed by atoms with E-state index in [4.69, 9.17) is 13.9 Å². The molecule has 270 valence electrons. The Labute approximate surface area is 310 Å². The normalized spacial score (nSPS) is 17.3. The second kappa shape index (κ2) is 15.8. The Balaban J connectivity index is 1.65. The number of hydrogen-bond donors (Lipinski definition) is 0. The Morgan fingerprint density at radius 2 is 1.65 bits per heavy atom. The summed E-state index contributed by atoms with van der Waals surface area (Å²) in [6, 6.07) is 20.5. The Hall–Kier alpha value is -4.88. The van der Waals surface area contributed by atoms with Crippen LogP contribution < -0.4 is 14.4 Å². The third-order valence-electron chi connectivity index (χ3n) is 9.58. The molecule has 3 aromatic carbocycles. The van der Waals surface area contributed by atoms with Crippen molar-refractivity contribution in [2.24, 2.45) is 0 Å². The van der Waals surface area contributed by atoms with Crippen LogP contribution in [0.2, 0.25) is 37.8 Å². The first-order valence-corrected chi connectivity index (χ1v) is 24.1. The van der Waals surface area contributed by atoms with Crippen LogP contribution in [0.25, 0.3) is 5.57 Å². The second-order valence-corrected chi connectivity index (χ2v) is 25.2.